The number of terminal acetylenes is 1. The Morgan fingerprint density at radius 2 is 2.43 bits per heavy atom. The van der Waals surface area contributed by atoms with Gasteiger partial charge in [0.05, 0.1) is 6.21 Å². The number of nitrogens with zero attached hydrogens (tertiary/aromatic N) is 1. The molecule has 0 spiro atoms. The predicted octanol–water partition coefficient (Wildman–Crippen LogP) is 1.22. The molecule has 0 aliphatic rings. The quantitative estimate of drug-likeness (QED) is 0.341. The van der Waals surface area contributed by atoms with Gasteiger partial charge in [-0.25, -0.2) is 0 Å². The van der Waals surface area contributed by atoms with E-state index in [9.17, 15) is 0 Å². The van der Waals surface area contributed by atoms with Gasteiger partial charge in [-0.2, -0.15) is 0 Å². The first-order chi connectivity index (χ1) is 3.41. The lowest BCUT2D eigenvalue weighted by Gasteiger charge is -1.64. The highest BCUT2D eigenvalue weighted by Gasteiger charge is 1.51. The molecule has 7 heavy (non-hydrogen) atoms. The van der Waals surface area contributed by atoms with Gasteiger partial charge in [0.25, 0.3) is 0 Å². The van der Waals surface area contributed by atoms with Gasteiger partial charge >= 0.3 is 0 Å². The zero-order valence-electron chi connectivity index (χ0n) is 4.26. The second-order valence-electron chi connectivity index (χ2n) is 0.927. The minimum atomic E-state index is 1.40. The lowest BCUT2D eigenvalue weighted by atomic mass is 10.7. The highest BCUT2D eigenvalue weighted by molar-refractivity contribution is 5.77. The highest BCUT2D eigenvalue weighted by Crippen LogP contribution is 1.67. The van der Waals surface area contributed by atoms with E-state index in [0.717, 1.165) is 0 Å². The summed E-state index contributed by atoms with van der Waals surface area (Å²) in [7, 11) is 0. The largest absolute Gasteiger partial charge is 0.256 e. The van der Waals surface area contributed by atoms with Crippen molar-refractivity contribution in [2.45, 2.75) is 6.92 Å². The molecule has 0 N–H and O–H groups in total. The molecule has 0 atom stereocenters. The molecule has 0 saturated heterocycles. The smallest absolute Gasteiger partial charge is 0.0763 e. The standard InChI is InChI=1S/C6H7N/c1-3-5-7-6-4-2/h1,4-6H,2H3/b6-4-,7-5?. The van der Waals surface area contributed by atoms with Crippen molar-refractivity contribution in [3.8, 4) is 12.3 Å². The Morgan fingerprint density at radius 3 is 2.86 bits per heavy atom. The zero-order chi connectivity index (χ0) is 5.54. The summed E-state index contributed by atoms with van der Waals surface area (Å²) in [6.45, 7) is 1.88. The van der Waals surface area contributed by atoms with Crippen molar-refractivity contribution in [3.05, 3.63) is 12.3 Å². The predicted molar refractivity (Wildman–Crippen MR) is 32.1 cm³/mol. The van der Waals surface area contributed by atoms with Crippen molar-refractivity contribution in [2.24, 2.45) is 4.99 Å². The van der Waals surface area contributed by atoms with Crippen LogP contribution >= 0.6 is 0 Å². The van der Waals surface area contributed by atoms with E-state index >= 15 is 0 Å². The molecule has 0 unspecified atom stereocenters. The van der Waals surface area contributed by atoms with Gasteiger partial charge in [-0.3, -0.25) is 4.99 Å². The van der Waals surface area contributed by atoms with Gasteiger partial charge in [0, 0.05) is 6.20 Å². The molecule has 0 aliphatic carbocycles. The Balaban J connectivity index is 3.33. The lowest BCUT2D eigenvalue weighted by molar-refractivity contribution is 1.55. The van der Waals surface area contributed by atoms with Crippen LogP contribution in [-0.2, 0) is 0 Å². The van der Waals surface area contributed by atoms with Crippen molar-refractivity contribution >= 4 is 6.21 Å². The van der Waals surface area contributed by atoms with Crippen LogP contribution in [0, 0.1) is 12.3 Å². The van der Waals surface area contributed by atoms with Crippen LogP contribution in [0.1, 0.15) is 6.92 Å². The van der Waals surface area contributed by atoms with E-state index in [1.54, 1.807) is 6.20 Å². The SMILES string of the molecule is C#CC=N/C=C\C. The van der Waals surface area contributed by atoms with Crippen molar-refractivity contribution in [1.82, 2.24) is 0 Å². The summed E-state index contributed by atoms with van der Waals surface area (Å²) in [6, 6.07) is 0. The molecule has 1 nitrogen and oxygen atoms in total. The molecule has 0 heterocycles. The average Bonchev–Trinajstić information content (AvgIpc) is 1.69. The van der Waals surface area contributed by atoms with Crippen molar-refractivity contribution < 1.29 is 0 Å². The number of allylic oxidation sites excluding steroid dienone is 1. The molecule has 0 aliphatic heterocycles. The maximum atomic E-state index is 4.84. The van der Waals surface area contributed by atoms with Crippen LogP contribution in [-0.4, -0.2) is 6.21 Å². The van der Waals surface area contributed by atoms with Gasteiger partial charge in [0.1, 0.15) is 0 Å². The summed E-state index contributed by atoms with van der Waals surface area (Å²) in [4.78, 5) is 3.67. The monoisotopic (exact) mass is 93.1 g/mol. The molecule has 0 bridgehead atoms. The second-order valence-corrected chi connectivity index (χ2v) is 0.927. The van der Waals surface area contributed by atoms with Crippen LogP contribution in [0.2, 0.25) is 0 Å². The van der Waals surface area contributed by atoms with Gasteiger partial charge < -0.3 is 0 Å². The highest BCUT2D eigenvalue weighted by atomic mass is 14.6. The van der Waals surface area contributed by atoms with Crippen LogP contribution in [0.5, 0.6) is 0 Å². The van der Waals surface area contributed by atoms with E-state index in [1.807, 2.05) is 13.0 Å². The minimum Gasteiger partial charge on any atom is -0.256 e. The van der Waals surface area contributed by atoms with Gasteiger partial charge in [-0.1, -0.05) is 12.0 Å². The molecule has 1 heteroatoms. The molecule has 0 saturated carbocycles. The Morgan fingerprint density at radius 1 is 1.71 bits per heavy atom. The molecular formula is C6H7N. The minimum absolute atomic E-state index is 1.40. The first-order valence-electron chi connectivity index (χ1n) is 2.00. The summed E-state index contributed by atoms with van der Waals surface area (Å²) in [6.07, 6.45) is 9.69. The van der Waals surface area contributed by atoms with Crippen LogP contribution in [0.3, 0.4) is 0 Å². The maximum absolute atomic E-state index is 4.84. The molecular weight excluding hydrogens is 86.1 g/mol. The third-order valence-electron chi connectivity index (χ3n) is 0.384. The number of aliphatic imine (C=N–C) groups is 1. The Bertz CT molecular complexity index is 115. The summed E-state index contributed by atoms with van der Waals surface area (Å²) >= 11 is 0. The normalized spacial score (nSPS) is 10.3. The fourth-order valence-electron chi connectivity index (χ4n) is 0.172. The topological polar surface area (TPSA) is 12.4 Å². The second kappa shape index (κ2) is 4.97. The van der Waals surface area contributed by atoms with Gasteiger partial charge in [0.2, 0.25) is 0 Å². The average molecular weight is 93.1 g/mol. The summed E-state index contributed by atoms with van der Waals surface area (Å²) in [5, 5.41) is 0. The number of hydrogen-bond acceptors (Lipinski definition) is 1. The molecule has 0 amide bonds. The first-order valence-corrected chi connectivity index (χ1v) is 2.00. The Hall–Kier alpha value is -1.03. The fourth-order valence-corrected chi connectivity index (χ4v) is 0.172. The number of hydrogen-bond donors (Lipinski definition) is 0. The summed E-state index contributed by atoms with van der Waals surface area (Å²) < 4.78 is 0. The molecule has 0 radical (unpaired) electrons. The van der Waals surface area contributed by atoms with Crippen LogP contribution in [0.15, 0.2) is 17.3 Å². The fraction of sp³-hybridized carbons (Fsp3) is 0.167. The van der Waals surface area contributed by atoms with Crippen LogP contribution in [0.4, 0.5) is 0 Å². The summed E-state index contributed by atoms with van der Waals surface area (Å²) in [5.41, 5.74) is 0. The number of rotatable bonds is 1. The summed E-state index contributed by atoms with van der Waals surface area (Å²) in [5.74, 6) is 2.26. The van der Waals surface area contributed by atoms with Gasteiger partial charge in [-0.05, 0) is 6.92 Å². The molecule has 0 aromatic heterocycles. The van der Waals surface area contributed by atoms with Gasteiger partial charge in [-0.15, -0.1) is 6.42 Å². The molecule has 0 aromatic rings. The molecule has 36 valence electrons. The van der Waals surface area contributed by atoms with E-state index in [0.29, 0.717) is 0 Å². The van der Waals surface area contributed by atoms with Crippen LogP contribution < -0.4 is 0 Å². The van der Waals surface area contributed by atoms with E-state index in [1.165, 1.54) is 6.21 Å². The molecule has 0 aromatic carbocycles. The third-order valence-corrected chi connectivity index (χ3v) is 0.384. The maximum Gasteiger partial charge on any atom is 0.0763 e. The van der Waals surface area contributed by atoms with Crippen LogP contribution in [0.25, 0.3) is 0 Å². The third kappa shape index (κ3) is 4.97. The van der Waals surface area contributed by atoms with E-state index < -0.39 is 0 Å². The molecule has 0 fully saturated rings. The first kappa shape index (κ1) is 5.97. The van der Waals surface area contributed by atoms with Gasteiger partial charge in [0.15, 0.2) is 0 Å². The Labute approximate surface area is 43.8 Å². The van der Waals surface area contributed by atoms with Crippen molar-refractivity contribution in [1.29, 1.82) is 0 Å². The van der Waals surface area contributed by atoms with E-state index in [4.69, 9.17) is 6.42 Å². The van der Waals surface area contributed by atoms with E-state index in [2.05, 4.69) is 10.9 Å². The van der Waals surface area contributed by atoms with Crippen molar-refractivity contribution in [2.75, 3.05) is 0 Å². The molecule has 0 rings (SSSR count). The lowest BCUT2D eigenvalue weighted by Crippen LogP contribution is -1.55. The Kier molecular flexibility index (Phi) is 4.24. The zero-order valence-corrected chi connectivity index (χ0v) is 4.26. The van der Waals surface area contributed by atoms with Crippen molar-refractivity contribution in [3.63, 3.8) is 0 Å². The van der Waals surface area contributed by atoms with E-state index in [-0.39, 0.29) is 0 Å².